The summed E-state index contributed by atoms with van der Waals surface area (Å²) in [5.41, 5.74) is 12.2. The van der Waals surface area contributed by atoms with Crippen LogP contribution in [-0.4, -0.2) is 54.2 Å². The lowest BCUT2D eigenvalue weighted by molar-refractivity contribution is -0.127. The number of likely N-dealkylation sites (tertiary alicyclic amines) is 1. The first-order chi connectivity index (χ1) is 17.1. The molecule has 1 unspecified atom stereocenters. The minimum absolute atomic E-state index is 0.00107. The summed E-state index contributed by atoms with van der Waals surface area (Å²) in [5.74, 6) is 0.522. The second-order valence-electron chi connectivity index (χ2n) is 8.93. The average molecular weight is 486 g/mol. The minimum Gasteiger partial charge on any atom is -0.382 e. The van der Waals surface area contributed by atoms with E-state index in [4.69, 9.17) is 22.4 Å². The molecule has 3 aromatic heterocycles. The van der Waals surface area contributed by atoms with Gasteiger partial charge in [0.1, 0.15) is 17.7 Å². The van der Waals surface area contributed by atoms with E-state index in [0.717, 1.165) is 39.7 Å². The number of nitrogens with zero attached hydrogens (tertiary/aromatic N) is 6. The first-order valence-corrected chi connectivity index (χ1v) is 12.1. The van der Waals surface area contributed by atoms with Gasteiger partial charge in [0.05, 0.1) is 12.1 Å². The van der Waals surface area contributed by atoms with E-state index in [0.29, 0.717) is 25.5 Å². The number of fused-ring (bicyclic) bond motifs is 2. The van der Waals surface area contributed by atoms with Crippen molar-refractivity contribution in [3.63, 3.8) is 0 Å². The number of carbonyl (C=O) groups excluding carboxylic acids is 1. The zero-order chi connectivity index (χ0) is 23.9. The summed E-state index contributed by atoms with van der Waals surface area (Å²) in [4.78, 5) is 18.2. The monoisotopic (exact) mass is 485 g/mol. The van der Waals surface area contributed by atoms with Crippen molar-refractivity contribution >= 4 is 39.7 Å². The van der Waals surface area contributed by atoms with Crippen LogP contribution < -0.4 is 5.73 Å². The minimum atomic E-state index is -0.0408. The molecule has 4 heterocycles. The van der Waals surface area contributed by atoms with Gasteiger partial charge in [-0.1, -0.05) is 42.5 Å². The molecule has 1 aliphatic heterocycles. The molecule has 0 spiro atoms. The van der Waals surface area contributed by atoms with Gasteiger partial charge < -0.3 is 10.6 Å². The van der Waals surface area contributed by atoms with Crippen molar-refractivity contribution < 1.29 is 4.79 Å². The first kappa shape index (κ1) is 21.6. The SMILES string of the molecule is Nc1ncnn2c(C3CCN(C(=O)CCl)C3)cc(-c3ccc4cn(Cc5ccccc5)nc4c3)c12. The highest BCUT2D eigenvalue weighted by molar-refractivity contribution is 6.27. The number of carbonyl (C=O) groups is 1. The number of hydrogen-bond donors (Lipinski definition) is 1. The van der Waals surface area contributed by atoms with E-state index < -0.39 is 0 Å². The molecule has 8 nitrogen and oxygen atoms in total. The summed E-state index contributed by atoms with van der Waals surface area (Å²) in [6.45, 7) is 2.01. The summed E-state index contributed by atoms with van der Waals surface area (Å²) in [6, 6.07) is 18.7. The molecule has 2 N–H and O–H groups in total. The van der Waals surface area contributed by atoms with Gasteiger partial charge in [0, 0.05) is 41.8 Å². The molecule has 176 valence electrons. The molecule has 5 aromatic rings. The maximum atomic E-state index is 12.1. The van der Waals surface area contributed by atoms with Crippen LogP contribution >= 0.6 is 11.6 Å². The quantitative estimate of drug-likeness (QED) is 0.381. The normalized spacial score (nSPS) is 15.9. The maximum absolute atomic E-state index is 12.1. The number of hydrogen-bond acceptors (Lipinski definition) is 5. The molecular formula is C26H24ClN7O. The first-order valence-electron chi connectivity index (χ1n) is 11.6. The zero-order valence-corrected chi connectivity index (χ0v) is 19.8. The van der Waals surface area contributed by atoms with Crippen LogP contribution in [0.5, 0.6) is 0 Å². The van der Waals surface area contributed by atoms with Gasteiger partial charge in [-0.3, -0.25) is 9.48 Å². The second kappa shape index (κ2) is 8.70. The number of aromatic nitrogens is 5. The van der Waals surface area contributed by atoms with Crippen LogP contribution in [0.2, 0.25) is 0 Å². The standard InChI is InChI=1S/C26H24ClN7O/c27-12-24(35)32-9-8-20(14-32)23-11-21(25-26(28)29-16-30-34(23)25)18-6-7-19-15-33(31-22(19)10-18)13-17-4-2-1-3-5-17/h1-7,10-11,15-16,20H,8-9,12-14H2,(H2,28,29,30). The Bertz CT molecular complexity index is 1540. The highest BCUT2D eigenvalue weighted by atomic mass is 35.5. The third-order valence-corrected chi connectivity index (χ3v) is 6.97. The largest absolute Gasteiger partial charge is 0.382 e. The third-order valence-electron chi connectivity index (χ3n) is 6.74. The van der Waals surface area contributed by atoms with Gasteiger partial charge in [0.2, 0.25) is 5.91 Å². The van der Waals surface area contributed by atoms with Crippen molar-refractivity contribution in [1.82, 2.24) is 29.3 Å². The molecule has 35 heavy (non-hydrogen) atoms. The van der Waals surface area contributed by atoms with E-state index in [-0.39, 0.29) is 17.7 Å². The predicted molar refractivity (Wildman–Crippen MR) is 136 cm³/mol. The van der Waals surface area contributed by atoms with Crippen molar-refractivity contribution in [2.24, 2.45) is 0 Å². The van der Waals surface area contributed by atoms with Gasteiger partial charge in [0.15, 0.2) is 5.82 Å². The summed E-state index contributed by atoms with van der Waals surface area (Å²) in [5, 5.41) is 10.4. The Hall–Kier alpha value is -3.91. The Morgan fingerprint density at radius 3 is 2.83 bits per heavy atom. The molecule has 1 saturated heterocycles. The number of alkyl halides is 1. The van der Waals surface area contributed by atoms with Crippen LogP contribution in [0.4, 0.5) is 5.82 Å². The van der Waals surface area contributed by atoms with Crippen molar-refractivity contribution in [3.05, 3.63) is 78.4 Å². The fourth-order valence-corrected chi connectivity index (χ4v) is 5.17. The summed E-state index contributed by atoms with van der Waals surface area (Å²) in [7, 11) is 0. The summed E-state index contributed by atoms with van der Waals surface area (Å²) in [6.07, 6.45) is 4.38. The average Bonchev–Trinajstić information content (AvgIpc) is 3.60. The van der Waals surface area contributed by atoms with Crippen LogP contribution in [0.1, 0.15) is 23.6 Å². The fraction of sp³-hybridized carbons (Fsp3) is 0.231. The Labute approximate surface area is 206 Å². The van der Waals surface area contributed by atoms with Crippen molar-refractivity contribution in [2.45, 2.75) is 18.9 Å². The van der Waals surface area contributed by atoms with Gasteiger partial charge in [-0.15, -0.1) is 11.6 Å². The molecule has 2 aromatic carbocycles. The van der Waals surface area contributed by atoms with Crippen molar-refractivity contribution in [2.75, 3.05) is 24.7 Å². The fourth-order valence-electron chi connectivity index (χ4n) is 5.00. The highest BCUT2D eigenvalue weighted by Crippen LogP contribution is 2.37. The van der Waals surface area contributed by atoms with E-state index in [1.54, 1.807) is 0 Å². The molecule has 6 rings (SSSR count). The number of nitrogen functional groups attached to an aromatic ring is 1. The lowest BCUT2D eigenvalue weighted by Gasteiger charge is -2.14. The zero-order valence-electron chi connectivity index (χ0n) is 19.0. The Balaban J connectivity index is 1.39. The summed E-state index contributed by atoms with van der Waals surface area (Å²) < 4.78 is 3.83. The van der Waals surface area contributed by atoms with Crippen LogP contribution in [0.25, 0.3) is 27.5 Å². The second-order valence-corrected chi connectivity index (χ2v) is 9.20. The number of benzene rings is 2. The molecular weight excluding hydrogens is 462 g/mol. The molecule has 0 radical (unpaired) electrons. The Morgan fingerprint density at radius 2 is 2.00 bits per heavy atom. The van der Waals surface area contributed by atoms with Gasteiger partial charge in [-0.2, -0.15) is 10.2 Å². The molecule has 0 bridgehead atoms. The Morgan fingerprint density at radius 1 is 1.14 bits per heavy atom. The van der Waals surface area contributed by atoms with Crippen LogP contribution in [0.15, 0.2) is 67.1 Å². The van der Waals surface area contributed by atoms with Crippen LogP contribution in [0, 0.1) is 0 Å². The molecule has 1 fully saturated rings. The number of halogens is 1. The van der Waals surface area contributed by atoms with Crippen molar-refractivity contribution in [3.8, 4) is 11.1 Å². The highest BCUT2D eigenvalue weighted by Gasteiger charge is 2.30. The molecule has 0 saturated carbocycles. The molecule has 1 atom stereocenters. The maximum Gasteiger partial charge on any atom is 0.237 e. The topological polar surface area (TPSA) is 94.3 Å². The molecule has 1 aliphatic rings. The summed E-state index contributed by atoms with van der Waals surface area (Å²) >= 11 is 5.78. The molecule has 0 aliphatic carbocycles. The van der Waals surface area contributed by atoms with Gasteiger partial charge in [-0.25, -0.2) is 9.50 Å². The molecule has 1 amide bonds. The van der Waals surface area contributed by atoms with Gasteiger partial charge >= 0.3 is 0 Å². The number of anilines is 1. The van der Waals surface area contributed by atoms with Crippen molar-refractivity contribution in [1.29, 1.82) is 0 Å². The van der Waals surface area contributed by atoms with E-state index in [2.05, 4.69) is 52.7 Å². The van der Waals surface area contributed by atoms with Gasteiger partial charge in [0.25, 0.3) is 0 Å². The van der Waals surface area contributed by atoms with Crippen LogP contribution in [0.3, 0.4) is 0 Å². The van der Waals surface area contributed by atoms with E-state index in [1.165, 1.54) is 11.9 Å². The number of rotatable bonds is 5. The molecule has 9 heteroatoms. The van der Waals surface area contributed by atoms with E-state index in [9.17, 15) is 4.79 Å². The lowest BCUT2D eigenvalue weighted by atomic mass is 10.0. The Kier molecular flexibility index (Phi) is 5.37. The van der Waals surface area contributed by atoms with Crippen LogP contribution in [-0.2, 0) is 11.3 Å². The third kappa shape index (κ3) is 3.89. The van der Waals surface area contributed by atoms with E-state index >= 15 is 0 Å². The van der Waals surface area contributed by atoms with Gasteiger partial charge in [-0.05, 0) is 29.7 Å². The number of amides is 1. The number of nitrogens with two attached hydrogens (primary N) is 1. The van der Waals surface area contributed by atoms with E-state index in [1.807, 2.05) is 32.3 Å². The lowest BCUT2D eigenvalue weighted by Crippen LogP contribution is -2.29. The predicted octanol–water partition coefficient (Wildman–Crippen LogP) is 3.93. The smallest absolute Gasteiger partial charge is 0.237 e.